The summed E-state index contributed by atoms with van der Waals surface area (Å²) in [5.41, 5.74) is 5.35. The molecule has 2 heterocycles. The third-order valence-corrected chi connectivity index (χ3v) is 2.27. The van der Waals surface area contributed by atoms with Crippen molar-refractivity contribution in [1.29, 1.82) is 0 Å². The van der Waals surface area contributed by atoms with Gasteiger partial charge in [0.25, 0.3) is 0 Å². The quantitative estimate of drug-likeness (QED) is 0.429. The topological polar surface area (TPSA) is 127 Å². The molecule has 1 aliphatic heterocycles. The highest BCUT2D eigenvalue weighted by Crippen LogP contribution is 2.27. The molecule has 1 saturated heterocycles. The van der Waals surface area contributed by atoms with Crippen molar-refractivity contribution in [1.82, 2.24) is 15.0 Å². The van der Waals surface area contributed by atoms with E-state index in [1.165, 1.54) is 6.20 Å². The molecule has 1 aliphatic rings. The van der Waals surface area contributed by atoms with Crippen LogP contribution >= 0.6 is 0 Å². The Kier molecular flexibility index (Phi) is 2.57. The van der Waals surface area contributed by atoms with Gasteiger partial charge in [-0.1, -0.05) is 0 Å². The number of ether oxygens (including phenoxy) is 1. The van der Waals surface area contributed by atoms with E-state index in [1.807, 2.05) is 0 Å². The number of nitrogens with two attached hydrogens (primary N) is 1. The molecule has 2 rings (SSSR count). The highest BCUT2D eigenvalue weighted by Gasteiger charge is 2.44. The van der Waals surface area contributed by atoms with Crippen molar-refractivity contribution in [3.05, 3.63) is 6.20 Å². The van der Waals surface area contributed by atoms with Crippen molar-refractivity contribution >= 4 is 5.82 Å². The minimum atomic E-state index is -1.19. The van der Waals surface area contributed by atoms with Gasteiger partial charge >= 0.3 is 0 Å². The third-order valence-electron chi connectivity index (χ3n) is 2.27. The molecule has 0 amide bonds. The number of nitrogens with zero attached hydrogens (tertiary/aromatic N) is 3. The van der Waals surface area contributed by atoms with Gasteiger partial charge in [0.15, 0.2) is 12.0 Å². The van der Waals surface area contributed by atoms with Crippen LogP contribution in [-0.2, 0) is 4.74 Å². The summed E-state index contributed by atoms with van der Waals surface area (Å²) in [4.78, 5) is 1.07. The average Bonchev–Trinajstić information content (AvgIpc) is 2.74. The third kappa shape index (κ3) is 1.67. The van der Waals surface area contributed by atoms with Gasteiger partial charge in [0.1, 0.15) is 18.3 Å². The van der Waals surface area contributed by atoms with E-state index < -0.39 is 24.5 Å². The lowest BCUT2D eigenvalue weighted by Gasteiger charge is -2.12. The van der Waals surface area contributed by atoms with Crippen LogP contribution < -0.4 is 5.73 Å². The predicted octanol–water partition coefficient (Wildman–Crippen LogP) is -2.53. The van der Waals surface area contributed by atoms with Gasteiger partial charge < -0.3 is 25.8 Å². The van der Waals surface area contributed by atoms with Crippen LogP contribution in [-0.4, -0.2) is 55.2 Å². The number of aliphatic hydroxyl groups is 3. The van der Waals surface area contributed by atoms with Crippen LogP contribution in [0.2, 0.25) is 0 Å². The Labute approximate surface area is 84.9 Å². The van der Waals surface area contributed by atoms with Crippen molar-refractivity contribution in [2.45, 2.75) is 24.5 Å². The summed E-state index contributed by atoms with van der Waals surface area (Å²) >= 11 is 0. The zero-order valence-corrected chi connectivity index (χ0v) is 7.76. The van der Waals surface area contributed by atoms with Crippen molar-refractivity contribution < 1.29 is 20.1 Å². The van der Waals surface area contributed by atoms with E-state index in [0.717, 1.165) is 4.80 Å². The normalized spacial score (nSPS) is 35.9. The fourth-order valence-electron chi connectivity index (χ4n) is 1.48. The van der Waals surface area contributed by atoms with Crippen molar-refractivity contribution in [2.24, 2.45) is 0 Å². The maximum absolute atomic E-state index is 9.59. The van der Waals surface area contributed by atoms with Gasteiger partial charge in [0.2, 0.25) is 0 Å². The standard InChI is InChI=1S/C7H12N4O4/c8-4-1-9-11(10-4)7-6(14)5(13)3(2-12)15-7/h1,3,5-7,12-14H,2H2,(H2,8,10)/t3-,5-,6-,7-/m1/s1. The highest BCUT2D eigenvalue weighted by molar-refractivity contribution is 5.19. The van der Waals surface area contributed by atoms with E-state index in [-0.39, 0.29) is 12.4 Å². The van der Waals surface area contributed by atoms with Crippen molar-refractivity contribution in [2.75, 3.05) is 12.3 Å². The smallest absolute Gasteiger partial charge is 0.198 e. The summed E-state index contributed by atoms with van der Waals surface area (Å²) in [6, 6.07) is 0. The first-order chi connectivity index (χ1) is 7.13. The lowest BCUT2D eigenvalue weighted by molar-refractivity contribution is -0.0654. The summed E-state index contributed by atoms with van der Waals surface area (Å²) in [6.45, 7) is -0.383. The van der Waals surface area contributed by atoms with Gasteiger partial charge in [0.05, 0.1) is 12.8 Å². The molecule has 1 aromatic rings. The maximum Gasteiger partial charge on any atom is 0.198 e. The molecule has 0 aliphatic carbocycles. The SMILES string of the molecule is Nc1cnn([C@@H]2O[C@H](CO)[C@@H](O)[C@H]2O)n1. The molecule has 0 unspecified atom stereocenters. The second-order valence-electron chi connectivity index (χ2n) is 3.32. The Bertz CT molecular complexity index is 343. The molecule has 0 saturated carbocycles. The molecule has 4 atom stereocenters. The molecule has 1 fully saturated rings. The summed E-state index contributed by atoms with van der Waals surface area (Å²) in [6.07, 6.45) is -2.80. The number of anilines is 1. The molecule has 8 heteroatoms. The summed E-state index contributed by atoms with van der Waals surface area (Å²) in [7, 11) is 0. The van der Waals surface area contributed by atoms with E-state index in [1.54, 1.807) is 0 Å². The first-order valence-electron chi connectivity index (χ1n) is 4.43. The predicted molar refractivity (Wildman–Crippen MR) is 47.4 cm³/mol. The fraction of sp³-hybridized carbons (Fsp3) is 0.714. The van der Waals surface area contributed by atoms with Crippen LogP contribution in [0.4, 0.5) is 5.82 Å². The number of hydrogen-bond acceptors (Lipinski definition) is 7. The lowest BCUT2D eigenvalue weighted by atomic mass is 10.1. The molecule has 0 radical (unpaired) electrons. The van der Waals surface area contributed by atoms with Gasteiger partial charge in [-0.2, -0.15) is 9.90 Å². The van der Waals surface area contributed by atoms with Gasteiger partial charge in [-0.15, -0.1) is 5.10 Å². The fourth-order valence-corrected chi connectivity index (χ4v) is 1.48. The first-order valence-corrected chi connectivity index (χ1v) is 4.43. The van der Waals surface area contributed by atoms with E-state index in [4.69, 9.17) is 15.6 Å². The van der Waals surface area contributed by atoms with Crippen molar-refractivity contribution in [3.8, 4) is 0 Å². The molecule has 0 aromatic carbocycles. The van der Waals surface area contributed by atoms with Gasteiger partial charge in [-0.3, -0.25) is 0 Å². The van der Waals surface area contributed by atoms with Gasteiger partial charge in [0, 0.05) is 0 Å². The summed E-state index contributed by atoms with van der Waals surface area (Å²) in [5, 5.41) is 35.4. The van der Waals surface area contributed by atoms with Gasteiger partial charge in [-0.25, -0.2) is 0 Å². The number of hydrogen-bond donors (Lipinski definition) is 4. The van der Waals surface area contributed by atoms with Crippen LogP contribution in [0.1, 0.15) is 6.23 Å². The molecule has 1 aromatic heterocycles. The van der Waals surface area contributed by atoms with Crippen LogP contribution in [0.15, 0.2) is 6.20 Å². The molecular weight excluding hydrogens is 204 g/mol. The van der Waals surface area contributed by atoms with E-state index >= 15 is 0 Å². The number of rotatable bonds is 2. The second-order valence-corrected chi connectivity index (χ2v) is 3.32. The lowest BCUT2D eigenvalue weighted by Crippen LogP contribution is -2.33. The molecule has 5 N–H and O–H groups in total. The summed E-state index contributed by atoms with van der Waals surface area (Å²) < 4.78 is 5.17. The largest absolute Gasteiger partial charge is 0.394 e. The molecule has 15 heavy (non-hydrogen) atoms. The Hall–Kier alpha value is -1.22. The van der Waals surface area contributed by atoms with Crippen LogP contribution in [0.3, 0.4) is 0 Å². The number of nitrogen functional groups attached to an aromatic ring is 1. The zero-order chi connectivity index (χ0) is 11.0. The first kappa shape index (κ1) is 10.3. The van der Waals surface area contributed by atoms with Crippen molar-refractivity contribution in [3.63, 3.8) is 0 Å². The number of aromatic nitrogens is 3. The van der Waals surface area contributed by atoms with Crippen LogP contribution in [0.5, 0.6) is 0 Å². The second kappa shape index (κ2) is 3.74. The average molecular weight is 216 g/mol. The van der Waals surface area contributed by atoms with Crippen LogP contribution in [0, 0.1) is 0 Å². The minimum absolute atomic E-state index is 0.188. The Balaban J connectivity index is 2.18. The molecule has 0 bridgehead atoms. The Morgan fingerprint density at radius 2 is 2.20 bits per heavy atom. The summed E-state index contributed by atoms with van der Waals surface area (Å²) in [5.74, 6) is 0.188. The van der Waals surface area contributed by atoms with Crippen LogP contribution in [0.25, 0.3) is 0 Å². The van der Waals surface area contributed by atoms with E-state index in [0.29, 0.717) is 0 Å². The molecule has 84 valence electrons. The highest BCUT2D eigenvalue weighted by atomic mass is 16.6. The monoisotopic (exact) mass is 216 g/mol. The molecular formula is C7H12N4O4. The Morgan fingerprint density at radius 1 is 1.47 bits per heavy atom. The molecule has 0 spiro atoms. The number of aliphatic hydroxyl groups excluding tert-OH is 3. The van der Waals surface area contributed by atoms with Gasteiger partial charge in [-0.05, 0) is 0 Å². The maximum atomic E-state index is 9.59. The van der Waals surface area contributed by atoms with E-state index in [9.17, 15) is 10.2 Å². The zero-order valence-electron chi connectivity index (χ0n) is 7.76. The molecule has 8 nitrogen and oxygen atoms in total. The van der Waals surface area contributed by atoms with E-state index in [2.05, 4.69) is 10.2 Å². The minimum Gasteiger partial charge on any atom is -0.394 e. The Morgan fingerprint density at radius 3 is 2.67 bits per heavy atom.